The quantitative estimate of drug-likeness (QED) is 0.542. The summed E-state index contributed by atoms with van der Waals surface area (Å²) in [6, 6.07) is 15.6. The third kappa shape index (κ3) is 3.73. The summed E-state index contributed by atoms with van der Waals surface area (Å²) in [7, 11) is -2.12. The third-order valence-electron chi connectivity index (χ3n) is 4.19. The van der Waals surface area contributed by atoms with Gasteiger partial charge < -0.3 is 4.74 Å². The van der Waals surface area contributed by atoms with E-state index in [2.05, 4.69) is 14.7 Å². The van der Waals surface area contributed by atoms with Crippen molar-refractivity contribution in [1.82, 2.24) is 14.4 Å². The largest absolute Gasteiger partial charge is 0.380 e. The molecular weight excluding hydrogens is 376 g/mol. The number of aromatic nitrogens is 3. The SMILES string of the molecule is COCc1cccc(S(=O)(=O)Nc2ccc(-c3cn4cccnc4n3)cc2)c1. The fourth-order valence-corrected chi connectivity index (χ4v) is 3.99. The minimum atomic E-state index is -3.69. The van der Waals surface area contributed by atoms with Crippen LogP contribution in [0.25, 0.3) is 17.0 Å². The maximum atomic E-state index is 12.7. The molecule has 0 bridgehead atoms. The van der Waals surface area contributed by atoms with Gasteiger partial charge >= 0.3 is 0 Å². The van der Waals surface area contributed by atoms with Crippen LogP contribution in [0.3, 0.4) is 0 Å². The smallest absolute Gasteiger partial charge is 0.261 e. The number of methoxy groups -OCH3 is 1. The first-order chi connectivity index (χ1) is 13.5. The van der Waals surface area contributed by atoms with Crippen LogP contribution in [0.2, 0.25) is 0 Å². The van der Waals surface area contributed by atoms with E-state index in [1.54, 1.807) is 43.6 Å². The maximum absolute atomic E-state index is 12.7. The molecule has 0 saturated carbocycles. The minimum absolute atomic E-state index is 0.192. The Morgan fingerprint density at radius 1 is 1.11 bits per heavy atom. The zero-order chi connectivity index (χ0) is 19.6. The lowest BCUT2D eigenvalue weighted by molar-refractivity contribution is 0.184. The maximum Gasteiger partial charge on any atom is 0.261 e. The van der Waals surface area contributed by atoms with E-state index in [9.17, 15) is 8.42 Å². The van der Waals surface area contributed by atoms with Gasteiger partial charge in [-0.05, 0) is 35.9 Å². The monoisotopic (exact) mass is 394 g/mol. The van der Waals surface area contributed by atoms with E-state index in [0.717, 1.165) is 16.8 Å². The molecule has 142 valence electrons. The Labute approximate surface area is 162 Å². The summed E-state index contributed by atoms with van der Waals surface area (Å²) in [6.45, 7) is 0.353. The molecule has 0 fully saturated rings. The normalized spacial score (nSPS) is 11.6. The van der Waals surface area contributed by atoms with Gasteiger partial charge in [0, 0.05) is 37.0 Å². The van der Waals surface area contributed by atoms with Crippen LogP contribution in [-0.4, -0.2) is 29.9 Å². The second-order valence-electron chi connectivity index (χ2n) is 6.22. The van der Waals surface area contributed by atoms with E-state index in [4.69, 9.17) is 4.74 Å². The van der Waals surface area contributed by atoms with Gasteiger partial charge in [-0.25, -0.2) is 18.4 Å². The molecule has 4 aromatic rings. The number of benzene rings is 2. The van der Waals surface area contributed by atoms with E-state index in [-0.39, 0.29) is 4.90 Å². The van der Waals surface area contributed by atoms with Gasteiger partial charge in [0.05, 0.1) is 17.2 Å². The number of nitrogens with one attached hydrogen (secondary N) is 1. The minimum Gasteiger partial charge on any atom is -0.380 e. The molecule has 7 nitrogen and oxygen atoms in total. The van der Waals surface area contributed by atoms with Crippen molar-refractivity contribution in [1.29, 1.82) is 0 Å². The second-order valence-corrected chi connectivity index (χ2v) is 7.90. The summed E-state index contributed by atoms with van der Waals surface area (Å²) in [6.07, 6.45) is 5.44. The lowest BCUT2D eigenvalue weighted by atomic mass is 10.1. The topological polar surface area (TPSA) is 85.6 Å². The lowest BCUT2D eigenvalue weighted by Gasteiger charge is -2.10. The van der Waals surface area contributed by atoms with Crippen molar-refractivity contribution in [2.45, 2.75) is 11.5 Å². The summed E-state index contributed by atoms with van der Waals surface area (Å²) < 4.78 is 34.8. The van der Waals surface area contributed by atoms with E-state index in [1.807, 2.05) is 41.1 Å². The van der Waals surface area contributed by atoms with Gasteiger partial charge in [-0.1, -0.05) is 24.3 Å². The first kappa shape index (κ1) is 18.1. The number of anilines is 1. The average molecular weight is 394 g/mol. The average Bonchev–Trinajstić information content (AvgIpc) is 3.13. The molecule has 0 aliphatic carbocycles. The molecule has 8 heteroatoms. The summed E-state index contributed by atoms with van der Waals surface area (Å²) in [4.78, 5) is 8.85. The van der Waals surface area contributed by atoms with Crippen molar-refractivity contribution < 1.29 is 13.2 Å². The fraction of sp³-hybridized carbons (Fsp3) is 0.100. The van der Waals surface area contributed by atoms with Crippen molar-refractivity contribution in [2.24, 2.45) is 0 Å². The van der Waals surface area contributed by atoms with Crippen molar-refractivity contribution in [3.8, 4) is 11.3 Å². The molecule has 0 unspecified atom stereocenters. The van der Waals surface area contributed by atoms with Gasteiger partial charge in [0.15, 0.2) is 0 Å². The fourth-order valence-electron chi connectivity index (χ4n) is 2.86. The summed E-state index contributed by atoms with van der Waals surface area (Å²) in [5, 5.41) is 0. The lowest BCUT2D eigenvalue weighted by Crippen LogP contribution is -2.13. The van der Waals surface area contributed by atoms with Crippen LogP contribution in [0.5, 0.6) is 0 Å². The van der Waals surface area contributed by atoms with Crippen LogP contribution < -0.4 is 4.72 Å². The Morgan fingerprint density at radius 3 is 2.68 bits per heavy atom. The zero-order valence-electron chi connectivity index (χ0n) is 15.1. The number of imidazole rings is 1. The van der Waals surface area contributed by atoms with Gasteiger partial charge in [-0.3, -0.25) is 9.12 Å². The molecule has 28 heavy (non-hydrogen) atoms. The van der Waals surface area contributed by atoms with Crippen LogP contribution in [0.1, 0.15) is 5.56 Å². The molecule has 0 aliphatic heterocycles. The van der Waals surface area contributed by atoms with Gasteiger partial charge in [0.2, 0.25) is 5.78 Å². The molecule has 0 atom stereocenters. The number of hydrogen-bond acceptors (Lipinski definition) is 5. The van der Waals surface area contributed by atoms with Crippen LogP contribution in [0.4, 0.5) is 5.69 Å². The Balaban J connectivity index is 1.56. The molecule has 0 saturated heterocycles. The second kappa shape index (κ2) is 7.41. The van der Waals surface area contributed by atoms with Crippen LogP contribution in [0.15, 0.2) is 78.1 Å². The number of sulfonamides is 1. The zero-order valence-corrected chi connectivity index (χ0v) is 15.9. The highest BCUT2D eigenvalue weighted by atomic mass is 32.2. The Hall–Kier alpha value is -3.23. The summed E-state index contributed by atoms with van der Waals surface area (Å²) in [5.41, 5.74) is 2.90. The van der Waals surface area contributed by atoms with Gasteiger partial charge in [-0.2, -0.15) is 0 Å². The standard InChI is InChI=1S/C20H18N4O3S/c1-27-14-15-4-2-5-18(12-15)28(25,26)23-17-8-6-16(7-9-17)19-13-24-11-3-10-21-20(24)22-19/h2-13,23H,14H2,1H3. The molecule has 2 aromatic heterocycles. The Kier molecular flexibility index (Phi) is 4.81. The van der Waals surface area contributed by atoms with Crippen molar-refractivity contribution in [2.75, 3.05) is 11.8 Å². The molecule has 0 spiro atoms. The molecule has 0 amide bonds. The highest BCUT2D eigenvalue weighted by Gasteiger charge is 2.15. The molecule has 2 heterocycles. The number of nitrogens with zero attached hydrogens (tertiary/aromatic N) is 3. The molecule has 0 aliphatic rings. The van der Waals surface area contributed by atoms with E-state index in [1.165, 1.54) is 0 Å². The third-order valence-corrected chi connectivity index (χ3v) is 5.57. The Morgan fingerprint density at radius 2 is 1.93 bits per heavy atom. The molecule has 0 radical (unpaired) electrons. The number of hydrogen-bond donors (Lipinski definition) is 1. The van der Waals surface area contributed by atoms with Crippen molar-refractivity contribution in [3.63, 3.8) is 0 Å². The van der Waals surface area contributed by atoms with E-state index in [0.29, 0.717) is 18.1 Å². The van der Waals surface area contributed by atoms with Crippen LogP contribution in [0, 0.1) is 0 Å². The number of rotatable bonds is 6. The predicted molar refractivity (Wildman–Crippen MR) is 106 cm³/mol. The molecule has 4 rings (SSSR count). The first-order valence-electron chi connectivity index (χ1n) is 8.56. The van der Waals surface area contributed by atoms with E-state index >= 15 is 0 Å². The summed E-state index contributed by atoms with van der Waals surface area (Å²) >= 11 is 0. The first-order valence-corrected chi connectivity index (χ1v) is 10.0. The van der Waals surface area contributed by atoms with Crippen LogP contribution >= 0.6 is 0 Å². The van der Waals surface area contributed by atoms with Crippen molar-refractivity contribution in [3.05, 3.63) is 78.8 Å². The Bertz CT molecular complexity index is 1180. The molecule has 1 N–H and O–H groups in total. The predicted octanol–water partition coefficient (Wildman–Crippen LogP) is 3.34. The van der Waals surface area contributed by atoms with Crippen molar-refractivity contribution >= 4 is 21.5 Å². The van der Waals surface area contributed by atoms with Crippen LogP contribution in [-0.2, 0) is 21.4 Å². The van der Waals surface area contributed by atoms with Gasteiger partial charge in [0.1, 0.15) is 0 Å². The molecular formula is C20H18N4O3S. The highest BCUT2D eigenvalue weighted by molar-refractivity contribution is 7.92. The van der Waals surface area contributed by atoms with E-state index < -0.39 is 10.0 Å². The highest BCUT2D eigenvalue weighted by Crippen LogP contribution is 2.23. The van der Waals surface area contributed by atoms with Gasteiger partial charge in [-0.15, -0.1) is 0 Å². The number of ether oxygens (including phenoxy) is 1. The molecule has 2 aromatic carbocycles. The number of fused-ring (bicyclic) bond motifs is 1. The summed E-state index contributed by atoms with van der Waals surface area (Å²) in [5.74, 6) is 0.609. The van der Waals surface area contributed by atoms with Gasteiger partial charge in [0.25, 0.3) is 10.0 Å².